The first-order valence-electron chi connectivity index (χ1n) is 9.77. The summed E-state index contributed by atoms with van der Waals surface area (Å²) in [6.45, 7) is 6.25. The summed E-state index contributed by atoms with van der Waals surface area (Å²) < 4.78 is 18.3. The predicted molar refractivity (Wildman–Crippen MR) is 113 cm³/mol. The molecule has 2 aromatic carbocycles. The Balaban J connectivity index is 2.01. The molecule has 2 N–H and O–H groups in total. The second-order valence-corrected chi connectivity index (χ2v) is 7.41. The van der Waals surface area contributed by atoms with Crippen molar-refractivity contribution in [2.45, 2.75) is 39.8 Å². The van der Waals surface area contributed by atoms with Crippen LogP contribution in [0.5, 0.6) is 0 Å². The number of hydrogen-bond acceptors (Lipinski definition) is 5. The number of esters is 1. The van der Waals surface area contributed by atoms with Gasteiger partial charge in [-0.3, -0.25) is 14.4 Å². The van der Waals surface area contributed by atoms with E-state index in [-0.39, 0.29) is 17.3 Å². The second kappa shape index (κ2) is 10.5. The molecule has 0 aliphatic rings. The van der Waals surface area contributed by atoms with Crippen molar-refractivity contribution in [2.24, 2.45) is 5.92 Å². The molecule has 0 saturated carbocycles. The molecule has 164 valence electrons. The van der Waals surface area contributed by atoms with Gasteiger partial charge in [0.05, 0.1) is 0 Å². The van der Waals surface area contributed by atoms with Crippen LogP contribution in [-0.2, 0) is 14.3 Å². The predicted octanol–water partition coefficient (Wildman–Crippen LogP) is 3.35. The van der Waals surface area contributed by atoms with E-state index >= 15 is 0 Å². The Labute approximate surface area is 180 Å². The number of rotatable bonds is 8. The van der Waals surface area contributed by atoms with E-state index in [1.165, 1.54) is 32.0 Å². The van der Waals surface area contributed by atoms with Gasteiger partial charge in [0.25, 0.3) is 11.8 Å². The van der Waals surface area contributed by atoms with Crippen LogP contribution >= 0.6 is 0 Å². The van der Waals surface area contributed by atoms with Crippen molar-refractivity contribution in [3.8, 4) is 0 Å². The minimum absolute atomic E-state index is 0.146. The number of ether oxygens (including phenoxy) is 1. The normalized spacial score (nSPS) is 12.6. The lowest BCUT2D eigenvalue weighted by Gasteiger charge is -2.23. The quantitative estimate of drug-likeness (QED) is 0.496. The zero-order valence-corrected chi connectivity index (χ0v) is 17.8. The first kappa shape index (κ1) is 23.7. The summed E-state index contributed by atoms with van der Waals surface area (Å²) in [7, 11) is 0. The molecule has 0 aliphatic heterocycles. The maximum absolute atomic E-state index is 13.0. The van der Waals surface area contributed by atoms with Crippen LogP contribution in [0.4, 0.5) is 10.1 Å². The monoisotopic (exact) mass is 428 g/mol. The molecule has 0 aromatic heterocycles. The summed E-state index contributed by atoms with van der Waals surface area (Å²) in [4.78, 5) is 48.8. The fraction of sp³-hybridized carbons (Fsp3) is 0.304. The van der Waals surface area contributed by atoms with E-state index in [1.807, 2.05) is 0 Å². The van der Waals surface area contributed by atoms with E-state index in [0.29, 0.717) is 11.3 Å². The Kier molecular flexibility index (Phi) is 8.01. The lowest BCUT2D eigenvalue weighted by Crippen LogP contribution is -2.47. The van der Waals surface area contributed by atoms with Gasteiger partial charge in [0, 0.05) is 16.8 Å². The Bertz CT molecular complexity index is 972. The van der Waals surface area contributed by atoms with Gasteiger partial charge in [-0.2, -0.15) is 0 Å². The number of carbonyl (C=O) groups is 4. The summed E-state index contributed by atoms with van der Waals surface area (Å²) in [6, 6.07) is 10.3. The summed E-state index contributed by atoms with van der Waals surface area (Å²) in [5.41, 5.74) is 1.02. The minimum Gasteiger partial charge on any atom is -0.451 e. The van der Waals surface area contributed by atoms with Crippen LogP contribution in [0.1, 0.15) is 48.4 Å². The Morgan fingerprint density at radius 1 is 0.935 bits per heavy atom. The number of anilines is 1. The Morgan fingerprint density at radius 3 is 2.16 bits per heavy atom. The molecule has 2 aromatic rings. The molecule has 0 heterocycles. The maximum atomic E-state index is 13.0. The maximum Gasteiger partial charge on any atom is 0.329 e. The van der Waals surface area contributed by atoms with Crippen LogP contribution in [0.15, 0.2) is 48.5 Å². The molecule has 0 unspecified atom stereocenters. The number of ketones is 1. The minimum atomic E-state index is -1.14. The van der Waals surface area contributed by atoms with E-state index in [4.69, 9.17) is 4.74 Å². The molecule has 31 heavy (non-hydrogen) atoms. The van der Waals surface area contributed by atoms with E-state index < -0.39 is 35.7 Å². The van der Waals surface area contributed by atoms with Crippen molar-refractivity contribution in [1.29, 1.82) is 0 Å². The van der Waals surface area contributed by atoms with Crippen molar-refractivity contribution < 1.29 is 28.3 Å². The number of carbonyl (C=O) groups excluding carboxylic acids is 4. The molecule has 2 rings (SSSR count). The Hall–Kier alpha value is -3.55. The summed E-state index contributed by atoms with van der Waals surface area (Å²) >= 11 is 0. The van der Waals surface area contributed by atoms with Gasteiger partial charge in [0.2, 0.25) is 0 Å². The second-order valence-electron chi connectivity index (χ2n) is 7.41. The van der Waals surface area contributed by atoms with Gasteiger partial charge in [-0.05, 0) is 56.2 Å². The molecule has 2 atom stereocenters. The zero-order chi connectivity index (χ0) is 23.1. The van der Waals surface area contributed by atoms with E-state index in [2.05, 4.69) is 10.6 Å². The molecule has 0 aliphatic carbocycles. The van der Waals surface area contributed by atoms with E-state index in [0.717, 1.165) is 12.1 Å². The average molecular weight is 428 g/mol. The summed E-state index contributed by atoms with van der Waals surface area (Å²) in [5, 5.41) is 5.15. The van der Waals surface area contributed by atoms with E-state index in [9.17, 15) is 23.6 Å². The highest BCUT2D eigenvalue weighted by Crippen LogP contribution is 2.13. The SMILES string of the molecule is CC(=O)c1cccc(NC(=O)[C@@H](C)OC(=O)[C@H](NC(=O)c2ccc(F)cc2)C(C)C)c1. The number of Topliss-reactive ketones (excluding diaryl/α,β-unsaturated/α-hetero) is 1. The van der Waals surface area contributed by atoms with Gasteiger partial charge in [-0.1, -0.05) is 26.0 Å². The van der Waals surface area contributed by atoms with Crippen LogP contribution < -0.4 is 10.6 Å². The lowest BCUT2D eigenvalue weighted by molar-refractivity contribution is -0.156. The summed E-state index contributed by atoms with van der Waals surface area (Å²) in [5.74, 6) is -2.86. The molecule has 0 radical (unpaired) electrons. The number of hydrogen-bond donors (Lipinski definition) is 2. The van der Waals surface area contributed by atoms with Crippen molar-refractivity contribution in [3.63, 3.8) is 0 Å². The van der Waals surface area contributed by atoms with Crippen LogP contribution in [0, 0.1) is 11.7 Å². The standard InChI is InChI=1S/C23H25FN2O5/c1-13(2)20(26-22(29)16-8-10-18(24)11-9-16)23(30)31-15(4)21(28)25-19-7-5-6-17(12-19)14(3)27/h5-13,15,20H,1-4H3,(H,25,28)(H,26,29)/t15-,20-/m1/s1. The molecular weight excluding hydrogens is 403 g/mol. The van der Waals surface area contributed by atoms with Gasteiger partial charge < -0.3 is 15.4 Å². The van der Waals surface area contributed by atoms with Crippen molar-refractivity contribution in [1.82, 2.24) is 5.32 Å². The van der Waals surface area contributed by atoms with Crippen molar-refractivity contribution in [3.05, 3.63) is 65.5 Å². The molecule has 0 bridgehead atoms. The van der Waals surface area contributed by atoms with Crippen LogP contribution in [0.2, 0.25) is 0 Å². The molecule has 0 spiro atoms. The number of halogens is 1. The molecule has 7 nitrogen and oxygen atoms in total. The highest BCUT2D eigenvalue weighted by molar-refractivity contribution is 5.99. The molecular formula is C23H25FN2O5. The smallest absolute Gasteiger partial charge is 0.329 e. The van der Waals surface area contributed by atoms with Gasteiger partial charge >= 0.3 is 5.97 Å². The highest BCUT2D eigenvalue weighted by Gasteiger charge is 2.29. The third kappa shape index (κ3) is 6.74. The fourth-order valence-corrected chi connectivity index (χ4v) is 2.68. The zero-order valence-electron chi connectivity index (χ0n) is 17.8. The fourth-order valence-electron chi connectivity index (χ4n) is 2.68. The molecule has 0 fully saturated rings. The number of nitrogens with one attached hydrogen (secondary N) is 2. The number of amides is 2. The number of benzene rings is 2. The van der Waals surface area contributed by atoms with Gasteiger partial charge in [-0.15, -0.1) is 0 Å². The van der Waals surface area contributed by atoms with Gasteiger partial charge in [0.1, 0.15) is 11.9 Å². The summed E-state index contributed by atoms with van der Waals surface area (Å²) in [6.07, 6.45) is -1.14. The molecule has 8 heteroatoms. The van der Waals surface area contributed by atoms with Gasteiger partial charge in [0.15, 0.2) is 11.9 Å². The molecule has 0 saturated heterocycles. The van der Waals surface area contributed by atoms with Crippen molar-refractivity contribution in [2.75, 3.05) is 5.32 Å². The topological polar surface area (TPSA) is 102 Å². The average Bonchev–Trinajstić information content (AvgIpc) is 2.72. The largest absolute Gasteiger partial charge is 0.451 e. The first-order chi connectivity index (χ1) is 14.6. The third-order valence-corrected chi connectivity index (χ3v) is 4.51. The van der Waals surface area contributed by atoms with Crippen LogP contribution in [0.3, 0.4) is 0 Å². The van der Waals surface area contributed by atoms with E-state index in [1.54, 1.807) is 32.0 Å². The third-order valence-electron chi connectivity index (χ3n) is 4.51. The molecule has 2 amide bonds. The van der Waals surface area contributed by atoms with Crippen LogP contribution in [-0.4, -0.2) is 35.7 Å². The highest BCUT2D eigenvalue weighted by atomic mass is 19.1. The first-order valence-corrected chi connectivity index (χ1v) is 9.77. The van der Waals surface area contributed by atoms with Crippen LogP contribution in [0.25, 0.3) is 0 Å². The lowest BCUT2D eigenvalue weighted by atomic mass is 10.0. The Morgan fingerprint density at radius 2 is 1.58 bits per heavy atom. The van der Waals surface area contributed by atoms with Gasteiger partial charge in [-0.25, -0.2) is 9.18 Å². The van der Waals surface area contributed by atoms with Crippen molar-refractivity contribution >= 4 is 29.3 Å².